The van der Waals surface area contributed by atoms with Crippen LogP contribution in [0.2, 0.25) is 0 Å². The molecular weight excluding hydrogens is 196 g/mol. The van der Waals surface area contributed by atoms with Crippen LogP contribution in [0.5, 0.6) is 0 Å². The van der Waals surface area contributed by atoms with Crippen LogP contribution in [-0.2, 0) is 0 Å². The summed E-state index contributed by atoms with van der Waals surface area (Å²) >= 11 is 5.59. The second-order valence-corrected chi connectivity index (χ2v) is 4.57. The third-order valence-corrected chi connectivity index (χ3v) is 2.18. The quantitative estimate of drug-likeness (QED) is 0.693. The van der Waals surface area contributed by atoms with E-state index in [0.717, 1.165) is 6.42 Å². The standard InChI is InChI=1S/C9H18ClF2N/c1-9(2,3)7(4-5-10)13-6-8(11)12/h7-8,13H,4-6H2,1-3H3. The second kappa shape index (κ2) is 5.76. The van der Waals surface area contributed by atoms with Crippen LogP contribution < -0.4 is 5.32 Å². The van der Waals surface area contributed by atoms with Crippen LogP contribution in [0.25, 0.3) is 0 Å². The first-order valence-electron chi connectivity index (χ1n) is 4.45. The first-order chi connectivity index (χ1) is 5.88. The monoisotopic (exact) mass is 213 g/mol. The van der Waals surface area contributed by atoms with E-state index in [2.05, 4.69) is 5.32 Å². The van der Waals surface area contributed by atoms with E-state index in [0.29, 0.717) is 5.88 Å². The van der Waals surface area contributed by atoms with Gasteiger partial charge in [0.05, 0.1) is 6.54 Å². The smallest absolute Gasteiger partial charge is 0.250 e. The van der Waals surface area contributed by atoms with Crippen molar-refractivity contribution in [3.63, 3.8) is 0 Å². The van der Waals surface area contributed by atoms with E-state index in [-0.39, 0.29) is 18.0 Å². The van der Waals surface area contributed by atoms with Crippen molar-refractivity contribution in [2.45, 2.75) is 39.7 Å². The van der Waals surface area contributed by atoms with Crippen LogP contribution in [0.3, 0.4) is 0 Å². The first kappa shape index (κ1) is 13.1. The molecule has 0 saturated carbocycles. The summed E-state index contributed by atoms with van der Waals surface area (Å²) in [7, 11) is 0. The predicted molar refractivity (Wildman–Crippen MR) is 52.6 cm³/mol. The zero-order valence-corrected chi connectivity index (χ0v) is 9.17. The molecule has 1 N–H and O–H groups in total. The summed E-state index contributed by atoms with van der Waals surface area (Å²) in [6.07, 6.45) is -1.57. The van der Waals surface area contributed by atoms with Gasteiger partial charge in [0.2, 0.25) is 0 Å². The van der Waals surface area contributed by atoms with Crippen LogP contribution in [0.15, 0.2) is 0 Å². The van der Waals surface area contributed by atoms with Crippen LogP contribution in [0.4, 0.5) is 8.78 Å². The summed E-state index contributed by atoms with van der Waals surface area (Å²) in [5.41, 5.74) is -0.0240. The van der Waals surface area contributed by atoms with E-state index in [1.807, 2.05) is 20.8 Å². The summed E-state index contributed by atoms with van der Waals surface area (Å²) in [6, 6.07) is 0.0546. The molecule has 0 heterocycles. The zero-order chi connectivity index (χ0) is 10.5. The van der Waals surface area contributed by atoms with Crippen molar-refractivity contribution in [1.82, 2.24) is 5.32 Å². The van der Waals surface area contributed by atoms with Crippen LogP contribution >= 0.6 is 11.6 Å². The van der Waals surface area contributed by atoms with Gasteiger partial charge in [-0.15, -0.1) is 11.6 Å². The van der Waals surface area contributed by atoms with Gasteiger partial charge in [-0.25, -0.2) is 8.78 Å². The lowest BCUT2D eigenvalue weighted by Gasteiger charge is -2.31. The van der Waals surface area contributed by atoms with Gasteiger partial charge in [-0.1, -0.05) is 20.8 Å². The van der Waals surface area contributed by atoms with Crippen molar-refractivity contribution < 1.29 is 8.78 Å². The highest BCUT2D eigenvalue weighted by atomic mass is 35.5. The van der Waals surface area contributed by atoms with Crippen molar-refractivity contribution in [2.75, 3.05) is 12.4 Å². The average molecular weight is 214 g/mol. The van der Waals surface area contributed by atoms with Crippen LogP contribution in [0, 0.1) is 5.41 Å². The maximum atomic E-state index is 11.9. The van der Waals surface area contributed by atoms with E-state index in [9.17, 15) is 8.78 Å². The summed E-state index contributed by atoms with van der Waals surface area (Å²) in [5, 5.41) is 2.83. The largest absolute Gasteiger partial charge is 0.308 e. The molecule has 80 valence electrons. The van der Waals surface area contributed by atoms with Crippen molar-refractivity contribution >= 4 is 11.6 Å². The first-order valence-corrected chi connectivity index (χ1v) is 4.99. The van der Waals surface area contributed by atoms with E-state index in [1.54, 1.807) is 0 Å². The Morgan fingerprint density at radius 3 is 2.15 bits per heavy atom. The number of alkyl halides is 3. The molecule has 0 aromatic carbocycles. The molecule has 0 spiro atoms. The van der Waals surface area contributed by atoms with Gasteiger partial charge in [-0.05, 0) is 11.8 Å². The number of hydrogen-bond acceptors (Lipinski definition) is 1. The lowest BCUT2D eigenvalue weighted by Crippen LogP contribution is -2.42. The Bertz CT molecular complexity index is 134. The molecule has 0 aliphatic heterocycles. The minimum atomic E-state index is -2.29. The fourth-order valence-electron chi connectivity index (χ4n) is 1.18. The number of halogens is 3. The SMILES string of the molecule is CC(C)(C)C(CCCl)NCC(F)F. The molecule has 1 unspecified atom stereocenters. The molecule has 0 saturated heterocycles. The third-order valence-electron chi connectivity index (χ3n) is 1.96. The molecule has 0 fully saturated rings. The number of hydrogen-bond donors (Lipinski definition) is 1. The molecule has 13 heavy (non-hydrogen) atoms. The molecule has 0 aromatic rings. The topological polar surface area (TPSA) is 12.0 Å². The normalized spacial score (nSPS) is 15.0. The van der Waals surface area contributed by atoms with E-state index in [4.69, 9.17) is 11.6 Å². The summed E-state index contributed by atoms with van der Waals surface area (Å²) < 4.78 is 23.9. The average Bonchev–Trinajstić information content (AvgIpc) is 1.95. The lowest BCUT2D eigenvalue weighted by molar-refractivity contribution is 0.128. The van der Waals surface area contributed by atoms with Gasteiger partial charge < -0.3 is 5.32 Å². The van der Waals surface area contributed by atoms with Crippen LogP contribution in [0.1, 0.15) is 27.2 Å². The van der Waals surface area contributed by atoms with Gasteiger partial charge in [-0.3, -0.25) is 0 Å². The summed E-state index contributed by atoms with van der Waals surface area (Å²) in [5.74, 6) is 0.498. The molecule has 4 heteroatoms. The summed E-state index contributed by atoms with van der Waals surface area (Å²) in [4.78, 5) is 0. The fraction of sp³-hybridized carbons (Fsp3) is 1.00. The molecule has 1 nitrogen and oxygen atoms in total. The fourth-order valence-corrected chi connectivity index (χ4v) is 1.40. The van der Waals surface area contributed by atoms with Crippen molar-refractivity contribution in [2.24, 2.45) is 5.41 Å². The third kappa shape index (κ3) is 6.22. The maximum Gasteiger partial charge on any atom is 0.250 e. The zero-order valence-electron chi connectivity index (χ0n) is 8.41. The maximum absolute atomic E-state index is 11.9. The van der Waals surface area contributed by atoms with Crippen LogP contribution in [-0.4, -0.2) is 24.9 Å². The highest BCUT2D eigenvalue weighted by molar-refractivity contribution is 6.17. The van der Waals surface area contributed by atoms with E-state index >= 15 is 0 Å². The highest BCUT2D eigenvalue weighted by Crippen LogP contribution is 2.22. The molecule has 0 aliphatic carbocycles. The van der Waals surface area contributed by atoms with Gasteiger partial charge in [0, 0.05) is 11.9 Å². The Labute approximate surface area is 83.8 Å². The molecule has 1 atom stereocenters. The molecule has 0 amide bonds. The molecule has 0 rings (SSSR count). The van der Waals surface area contributed by atoms with Gasteiger partial charge in [0.15, 0.2) is 0 Å². The van der Waals surface area contributed by atoms with Crippen molar-refractivity contribution in [1.29, 1.82) is 0 Å². The Morgan fingerprint density at radius 1 is 1.31 bits per heavy atom. The lowest BCUT2D eigenvalue weighted by atomic mass is 9.85. The molecular formula is C9H18ClF2N. The number of rotatable bonds is 5. The Morgan fingerprint density at radius 2 is 1.85 bits per heavy atom. The van der Waals surface area contributed by atoms with E-state index < -0.39 is 6.43 Å². The highest BCUT2D eigenvalue weighted by Gasteiger charge is 2.24. The molecule has 0 aromatic heterocycles. The Balaban J connectivity index is 3.95. The predicted octanol–water partition coefficient (Wildman–Crippen LogP) is 2.88. The Kier molecular flexibility index (Phi) is 5.81. The summed E-state index contributed by atoms with van der Waals surface area (Å²) in [6.45, 7) is 5.80. The number of nitrogens with one attached hydrogen (secondary N) is 1. The van der Waals surface area contributed by atoms with Gasteiger partial charge in [0.25, 0.3) is 6.43 Å². The van der Waals surface area contributed by atoms with Gasteiger partial charge >= 0.3 is 0 Å². The minimum Gasteiger partial charge on any atom is -0.308 e. The Hall–Kier alpha value is 0.110. The van der Waals surface area contributed by atoms with Crippen molar-refractivity contribution in [3.05, 3.63) is 0 Å². The van der Waals surface area contributed by atoms with Gasteiger partial charge in [0.1, 0.15) is 0 Å². The van der Waals surface area contributed by atoms with Crippen molar-refractivity contribution in [3.8, 4) is 0 Å². The molecule has 0 aliphatic rings. The molecule has 0 radical (unpaired) electrons. The second-order valence-electron chi connectivity index (χ2n) is 4.20. The van der Waals surface area contributed by atoms with E-state index in [1.165, 1.54) is 0 Å². The van der Waals surface area contributed by atoms with Gasteiger partial charge in [-0.2, -0.15) is 0 Å². The molecule has 0 bridgehead atoms. The minimum absolute atomic E-state index is 0.0240.